The summed E-state index contributed by atoms with van der Waals surface area (Å²) < 4.78 is 19.7. The Balaban J connectivity index is 2.06. The first-order chi connectivity index (χ1) is 12.9. The molecule has 1 aromatic heterocycles. The van der Waals surface area contributed by atoms with Crippen LogP contribution in [-0.4, -0.2) is 45.2 Å². The number of hydrogen-bond donors (Lipinski definition) is 1. The van der Waals surface area contributed by atoms with E-state index in [2.05, 4.69) is 4.98 Å². The molecule has 1 heterocycles. The summed E-state index contributed by atoms with van der Waals surface area (Å²) in [4.78, 5) is 20.4. The standard InChI is InChI=1S/C19H19ClFN3O2S/c1-23(2)9-10-24(18(25)12-5-4-6-13(21)11-12)19-22-16-15(26-3)8-7-14(20)17(16)27-19/h4-8,11H,9-10H2,1-3H3/p+1. The minimum absolute atomic E-state index is 0.279. The van der Waals surface area contributed by atoms with Gasteiger partial charge in [0.05, 0.1) is 44.0 Å². The number of methoxy groups -OCH3 is 1. The summed E-state index contributed by atoms with van der Waals surface area (Å²) in [6.45, 7) is 1.15. The first-order valence-electron chi connectivity index (χ1n) is 8.40. The zero-order valence-corrected chi connectivity index (χ0v) is 16.8. The molecule has 2 aromatic carbocycles. The van der Waals surface area contributed by atoms with Gasteiger partial charge in [-0.15, -0.1) is 0 Å². The number of aromatic nitrogens is 1. The Hall–Kier alpha value is -2.22. The molecule has 3 rings (SSSR count). The molecule has 1 amide bonds. The molecule has 0 atom stereocenters. The number of fused-ring (bicyclic) bond motifs is 1. The van der Waals surface area contributed by atoms with Gasteiger partial charge in [-0.05, 0) is 30.3 Å². The predicted octanol–water partition coefficient (Wildman–Crippen LogP) is 2.89. The number of halogens is 2. The quantitative estimate of drug-likeness (QED) is 0.682. The molecule has 0 saturated heterocycles. The van der Waals surface area contributed by atoms with E-state index >= 15 is 0 Å². The van der Waals surface area contributed by atoms with E-state index in [1.165, 1.54) is 34.4 Å². The van der Waals surface area contributed by atoms with Crippen LogP contribution in [0, 0.1) is 5.82 Å². The van der Waals surface area contributed by atoms with E-state index in [0.717, 1.165) is 4.70 Å². The van der Waals surface area contributed by atoms with Gasteiger partial charge in [0.1, 0.15) is 17.1 Å². The molecule has 1 N–H and O–H groups in total. The number of hydrogen-bond acceptors (Lipinski definition) is 4. The SMILES string of the molecule is COc1ccc(Cl)c2sc(N(CC[NH+](C)C)C(=O)c3cccc(F)c3)nc12. The van der Waals surface area contributed by atoms with E-state index in [0.29, 0.717) is 34.5 Å². The Kier molecular flexibility index (Phi) is 5.94. The summed E-state index contributed by atoms with van der Waals surface area (Å²) in [5, 5.41) is 1.05. The minimum Gasteiger partial charge on any atom is -0.494 e. The third-order valence-corrected chi connectivity index (χ3v) is 5.59. The number of carbonyl (C=O) groups is 1. The molecular formula is C19H20ClFN3O2S+. The van der Waals surface area contributed by atoms with Crippen molar-refractivity contribution >= 4 is 44.2 Å². The second kappa shape index (κ2) is 8.21. The van der Waals surface area contributed by atoms with Gasteiger partial charge in [0.25, 0.3) is 5.91 Å². The number of likely N-dealkylation sites (N-methyl/N-ethyl adjacent to an activating group) is 1. The number of rotatable bonds is 6. The monoisotopic (exact) mass is 408 g/mol. The molecule has 0 bridgehead atoms. The highest BCUT2D eigenvalue weighted by Crippen LogP contribution is 2.38. The highest BCUT2D eigenvalue weighted by molar-refractivity contribution is 7.23. The van der Waals surface area contributed by atoms with Gasteiger partial charge in [0.2, 0.25) is 0 Å². The fraction of sp³-hybridized carbons (Fsp3) is 0.263. The molecule has 0 fully saturated rings. The molecule has 0 aliphatic rings. The maximum atomic E-state index is 13.6. The second-order valence-corrected chi connectivity index (χ2v) is 7.73. The fourth-order valence-corrected chi connectivity index (χ4v) is 3.90. The number of nitrogens with one attached hydrogen (secondary N) is 1. The van der Waals surface area contributed by atoms with E-state index in [4.69, 9.17) is 16.3 Å². The Labute approximate surface area is 165 Å². The molecule has 8 heteroatoms. The lowest BCUT2D eigenvalue weighted by Crippen LogP contribution is -3.06. The molecule has 0 spiro atoms. The average Bonchev–Trinajstić information content (AvgIpc) is 3.08. The summed E-state index contributed by atoms with van der Waals surface area (Å²) in [6.07, 6.45) is 0. The summed E-state index contributed by atoms with van der Waals surface area (Å²) in [5.74, 6) is -0.161. The van der Waals surface area contributed by atoms with Gasteiger partial charge in [-0.3, -0.25) is 9.69 Å². The van der Waals surface area contributed by atoms with E-state index in [9.17, 15) is 9.18 Å². The molecule has 5 nitrogen and oxygen atoms in total. The Morgan fingerprint density at radius 3 is 2.78 bits per heavy atom. The van der Waals surface area contributed by atoms with Gasteiger partial charge < -0.3 is 9.64 Å². The van der Waals surface area contributed by atoms with Crippen molar-refractivity contribution in [2.75, 3.05) is 39.2 Å². The van der Waals surface area contributed by atoms with Gasteiger partial charge in [-0.25, -0.2) is 9.37 Å². The topological polar surface area (TPSA) is 46.9 Å². The summed E-state index contributed by atoms with van der Waals surface area (Å²) in [7, 11) is 5.57. The van der Waals surface area contributed by atoms with Gasteiger partial charge in [-0.2, -0.15) is 0 Å². The van der Waals surface area contributed by atoms with Crippen molar-refractivity contribution < 1.29 is 18.8 Å². The normalized spacial score (nSPS) is 11.2. The molecule has 0 aliphatic carbocycles. The van der Waals surface area contributed by atoms with Crippen molar-refractivity contribution in [2.45, 2.75) is 0 Å². The van der Waals surface area contributed by atoms with Crippen LogP contribution >= 0.6 is 22.9 Å². The van der Waals surface area contributed by atoms with Crippen molar-refractivity contribution in [3.8, 4) is 5.75 Å². The van der Waals surface area contributed by atoms with Crippen molar-refractivity contribution in [3.05, 3.63) is 52.8 Å². The van der Waals surface area contributed by atoms with Crippen LogP contribution in [0.1, 0.15) is 10.4 Å². The van der Waals surface area contributed by atoms with Gasteiger partial charge in [-0.1, -0.05) is 29.0 Å². The minimum atomic E-state index is -0.451. The van der Waals surface area contributed by atoms with E-state index in [1.807, 2.05) is 14.1 Å². The Morgan fingerprint density at radius 1 is 1.33 bits per heavy atom. The van der Waals surface area contributed by atoms with Crippen LogP contribution in [0.25, 0.3) is 10.2 Å². The third kappa shape index (κ3) is 4.21. The molecule has 0 radical (unpaired) electrons. The highest BCUT2D eigenvalue weighted by Gasteiger charge is 2.24. The number of quaternary nitrogens is 1. The van der Waals surface area contributed by atoms with E-state index in [-0.39, 0.29) is 11.5 Å². The third-order valence-electron chi connectivity index (χ3n) is 4.05. The number of carbonyl (C=O) groups excluding carboxylic acids is 1. The van der Waals surface area contributed by atoms with Crippen molar-refractivity contribution in [1.82, 2.24) is 4.98 Å². The molecule has 0 unspecified atom stereocenters. The molecular weight excluding hydrogens is 389 g/mol. The van der Waals surface area contributed by atoms with Crippen LogP contribution in [0.3, 0.4) is 0 Å². The molecule has 27 heavy (non-hydrogen) atoms. The predicted molar refractivity (Wildman–Crippen MR) is 107 cm³/mol. The summed E-state index contributed by atoms with van der Waals surface area (Å²) in [5.41, 5.74) is 0.889. The maximum Gasteiger partial charge on any atom is 0.260 e. The largest absolute Gasteiger partial charge is 0.494 e. The number of nitrogens with zero attached hydrogens (tertiary/aromatic N) is 2. The summed E-state index contributed by atoms with van der Waals surface area (Å²) >= 11 is 7.63. The van der Waals surface area contributed by atoms with E-state index in [1.54, 1.807) is 30.2 Å². The van der Waals surface area contributed by atoms with Crippen LogP contribution in [0.4, 0.5) is 9.52 Å². The number of thiazole rings is 1. The Morgan fingerprint density at radius 2 is 2.11 bits per heavy atom. The molecule has 142 valence electrons. The van der Waals surface area contributed by atoms with Gasteiger partial charge in [0.15, 0.2) is 5.13 Å². The number of anilines is 1. The number of benzene rings is 2. The molecule has 3 aromatic rings. The van der Waals surface area contributed by atoms with E-state index < -0.39 is 5.82 Å². The van der Waals surface area contributed by atoms with Crippen LogP contribution in [0.5, 0.6) is 5.75 Å². The van der Waals surface area contributed by atoms with Gasteiger partial charge >= 0.3 is 0 Å². The fourth-order valence-electron chi connectivity index (χ4n) is 2.62. The first kappa shape index (κ1) is 19.5. The van der Waals surface area contributed by atoms with Crippen molar-refractivity contribution in [2.24, 2.45) is 0 Å². The summed E-state index contributed by atoms with van der Waals surface area (Å²) in [6, 6.07) is 9.16. The zero-order valence-electron chi connectivity index (χ0n) is 15.3. The van der Waals surface area contributed by atoms with Crippen LogP contribution in [0.15, 0.2) is 36.4 Å². The van der Waals surface area contributed by atoms with Crippen molar-refractivity contribution in [3.63, 3.8) is 0 Å². The highest BCUT2D eigenvalue weighted by atomic mass is 35.5. The van der Waals surface area contributed by atoms with Crippen LogP contribution < -0.4 is 14.5 Å². The lowest BCUT2D eigenvalue weighted by Gasteiger charge is -2.20. The van der Waals surface area contributed by atoms with Gasteiger partial charge in [0, 0.05) is 5.56 Å². The lowest BCUT2D eigenvalue weighted by molar-refractivity contribution is -0.856. The smallest absolute Gasteiger partial charge is 0.260 e. The first-order valence-corrected chi connectivity index (χ1v) is 9.59. The maximum absolute atomic E-state index is 13.6. The lowest BCUT2D eigenvalue weighted by atomic mass is 10.2. The molecule has 0 aliphatic heterocycles. The van der Waals surface area contributed by atoms with Crippen LogP contribution in [0.2, 0.25) is 5.02 Å². The Bertz CT molecular complexity index is 977. The molecule has 0 saturated carbocycles. The number of amides is 1. The second-order valence-electron chi connectivity index (χ2n) is 6.35. The average molecular weight is 409 g/mol. The number of ether oxygens (including phenoxy) is 1. The van der Waals surface area contributed by atoms with Crippen LogP contribution in [-0.2, 0) is 0 Å². The van der Waals surface area contributed by atoms with Crippen molar-refractivity contribution in [1.29, 1.82) is 0 Å². The zero-order chi connectivity index (χ0) is 19.6.